The van der Waals surface area contributed by atoms with Gasteiger partial charge in [0.15, 0.2) is 4.90 Å². The van der Waals surface area contributed by atoms with Crippen LogP contribution in [-0.4, -0.2) is 112 Å². The molecule has 8 rings (SSSR count). The zero-order chi connectivity index (χ0) is 57.7. The Labute approximate surface area is 483 Å². The number of nitro groups is 1. The molecule has 0 amide bonds. The number of nitrogens with one attached hydrogen (secondary N) is 1. The molecule has 428 valence electrons. The maximum absolute atomic E-state index is 14.8. The molecule has 0 fully saturated rings. The van der Waals surface area contributed by atoms with Crippen LogP contribution in [0.1, 0.15) is 38.9 Å². The average molecular weight is 1130 g/mol. The van der Waals surface area contributed by atoms with Crippen molar-refractivity contribution >= 4 is 15.7 Å². The van der Waals surface area contributed by atoms with Gasteiger partial charge in [-0.05, 0) is 119 Å². The molecule has 0 unspecified atom stereocenters. The Balaban J connectivity index is 1.28. The second-order valence-electron chi connectivity index (χ2n) is 20.6. The van der Waals surface area contributed by atoms with Crippen LogP contribution in [0.2, 0.25) is 0 Å². The van der Waals surface area contributed by atoms with Gasteiger partial charge in [-0.1, -0.05) is 152 Å². The number of nitrogens with zero attached hydrogens (tertiary/aromatic N) is 4. The average Bonchev–Trinajstić information content (AvgIpc) is 3.70. The SMILES string of the molecule is COc1ccc(C[C@@H](CN(Cc2ccccc2)[C@@H](Cc2ccc(OC)cc2)CN(Cc2ccccc2)[C@@H](Cc2ccc(OC)cc2)CN(Cc2ccccc2)[C@H](CO)Cc2ccc(OC)cc2)NS(=O)(=O)c2ccccc2[N+](=O)[O-])cc1. The fourth-order valence-corrected chi connectivity index (χ4v) is 12.0. The van der Waals surface area contributed by atoms with E-state index in [1.54, 1.807) is 28.4 Å². The topological polar surface area (TPSA) is 156 Å². The number of hydrogen-bond acceptors (Lipinski definition) is 12. The number of ether oxygens (including phenoxy) is 4. The molecule has 15 heteroatoms. The van der Waals surface area contributed by atoms with Gasteiger partial charge in [-0.3, -0.25) is 24.8 Å². The lowest BCUT2D eigenvalue weighted by Gasteiger charge is -2.43. The third-order valence-corrected chi connectivity index (χ3v) is 16.6. The molecule has 14 nitrogen and oxygen atoms in total. The van der Waals surface area contributed by atoms with E-state index in [4.69, 9.17) is 18.9 Å². The van der Waals surface area contributed by atoms with Crippen LogP contribution in [0.5, 0.6) is 23.0 Å². The van der Waals surface area contributed by atoms with Crippen molar-refractivity contribution in [3.8, 4) is 23.0 Å². The molecule has 4 atom stereocenters. The smallest absolute Gasteiger partial charge is 0.289 e. The van der Waals surface area contributed by atoms with E-state index in [1.807, 2.05) is 91.0 Å². The molecule has 0 aliphatic heterocycles. The van der Waals surface area contributed by atoms with Crippen LogP contribution in [0.15, 0.2) is 217 Å². The summed E-state index contributed by atoms with van der Waals surface area (Å²) < 4.78 is 54.8. The number of benzene rings is 8. The summed E-state index contributed by atoms with van der Waals surface area (Å²) in [5.74, 6) is 2.89. The highest BCUT2D eigenvalue weighted by Gasteiger charge is 2.34. The molecule has 0 bridgehead atoms. The lowest BCUT2D eigenvalue weighted by atomic mass is 9.97. The zero-order valence-electron chi connectivity index (χ0n) is 47.2. The zero-order valence-corrected chi connectivity index (χ0v) is 48.0. The van der Waals surface area contributed by atoms with Gasteiger partial charge in [0.1, 0.15) is 23.0 Å². The third-order valence-electron chi connectivity index (χ3n) is 15.0. The second kappa shape index (κ2) is 30.2. The standard InChI is InChI=1S/C67H75N5O9S/c1-78-62-32-24-51(25-33-62)40-58(68-82(76,77)67-23-15-14-22-66(67)72(74)75)47-69(44-55-16-8-5-9-17-55)59(41-52-26-34-63(79-2)35-27-52)48-70(45-56-18-10-6-11-19-56)60(42-53-28-36-64(80-3)37-29-53)49-71(46-57-20-12-7-13-21-57)61(50-73)43-54-30-38-65(81-4)39-31-54/h5-39,58-61,68,73H,40-50H2,1-4H3/t58-,59-,60-,61-/m0/s1. The Bertz CT molecular complexity index is 3290. The normalized spacial score (nSPS) is 13.1. The number of nitro benzene ring substituents is 1. The van der Waals surface area contributed by atoms with Crippen LogP contribution in [0, 0.1) is 10.1 Å². The molecule has 8 aromatic carbocycles. The third kappa shape index (κ3) is 17.6. The molecule has 0 spiro atoms. The molecule has 0 aromatic heterocycles. The summed E-state index contributed by atoms with van der Waals surface area (Å²) in [6.07, 6.45) is 2.02. The minimum atomic E-state index is -4.48. The summed E-state index contributed by atoms with van der Waals surface area (Å²) in [4.78, 5) is 18.7. The maximum atomic E-state index is 14.8. The Hall–Kier alpha value is -7.89. The molecular formula is C67H75N5O9S. The fourth-order valence-electron chi connectivity index (χ4n) is 10.6. The van der Waals surface area contributed by atoms with Gasteiger partial charge >= 0.3 is 0 Å². The van der Waals surface area contributed by atoms with E-state index in [-0.39, 0.29) is 37.7 Å². The Morgan fingerprint density at radius 3 is 1.10 bits per heavy atom. The lowest BCUT2D eigenvalue weighted by Crippen LogP contribution is -2.55. The van der Waals surface area contributed by atoms with Crippen LogP contribution in [0.25, 0.3) is 0 Å². The minimum Gasteiger partial charge on any atom is -0.497 e. The fraction of sp³-hybridized carbons (Fsp3) is 0.284. The Kier molecular flexibility index (Phi) is 22.2. The highest BCUT2D eigenvalue weighted by molar-refractivity contribution is 7.89. The van der Waals surface area contributed by atoms with Crippen LogP contribution < -0.4 is 23.7 Å². The van der Waals surface area contributed by atoms with Crippen molar-refractivity contribution in [3.63, 3.8) is 0 Å². The molecule has 82 heavy (non-hydrogen) atoms. The number of aliphatic hydroxyl groups excluding tert-OH is 1. The van der Waals surface area contributed by atoms with Crippen LogP contribution >= 0.6 is 0 Å². The van der Waals surface area contributed by atoms with E-state index < -0.39 is 31.6 Å². The summed E-state index contributed by atoms with van der Waals surface area (Å²) in [5.41, 5.74) is 6.82. The maximum Gasteiger partial charge on any atom is 0.289 e. The van der Waals surface area contributed by atoms with Gasteiger partial charge in [0.25, 0.3) is 5.69 Å². The Morgan fingerprint density at radius 2 is 0.744 bits per heavy atom. The number of rotatable bonds is 32. The van der Waals surface area contributed by atoms with Crippen LogP contribution in [0.3, 0.4) is 0 Å². The van der Waals surface area contributed by atoms with Gasteiger partial charge in [0.2, 0.25) is 10.0 Å². The summed E-state index contributed by atoms with van der Waals surface area (Å²) >= 11 is 0. The van der Waals surface area contributed by atoms with E-state index in [0.29, 0.717) is 57.7 Å². The molecule has 0 heterocycles. The first kappa shape index (κ1) is 60.2. The van der Waals surface area contributed by atoms with Gasteiger partial charge in [0, 0.05) is 69.5 Å². The number of para-hydroxylation sites is 1. The molecule has 0 saturated heterocycles. The van der Waals surface area contributed by atoms with Gasteiger partial charge in [-0.2, -0.15) is 0 Å². The summed E-state index contributed by atoms with van der Waals surface area (Å²) in [6.45, 7) is 2.74. The van der Waals surface area contributed by atoms with Crippen molar-refractivity contribution in [1.82, 2.24) is 19.4 Å². The van der Waals surface area contributed by atoms with Crippen molar-refractivity contribution < 1.29 is 37.4 Å². The first-order valence-corrected chi connectivity index (χ1v) is 29.1. The van der Waals surface area contributed by atoms with E-state index in [0.717, 1.165) is 56.2 Å². The number of sulfonamides is 1. The van der Waals surface area contributed by atoms with E-state index >= 15 is 0 Å². The molecule has 0 saturated carbocycles. The van der Waals surface area contributed by atoms with Gasteiger partial charge in [0.05, 0.1) is 40.0 Å². The lowest BCUT2D eigenvalue weighted by molar-refractivity contribution is -0.387. The molecule has 0 aliphatic rings. The van der Waals surface area contributed by atoms with Crippen molar-refractivity contribution in [2.24, 2.45) is 0 Å². The highest BCUT2D eigenvalue weighted by atomic mass is 32.2. The molecular weight excluding hydrogens is 1050 g/mol. The second-order valence-corrected chi connectivity index (χ2v) is 22.3. The molecule has 0 aliphatic carbocycles. The van der Waals surface area contributed by atoms with Gasteiger partial charge in [-0.15, -0.1) is 0 Å². The quantitative estimate of drug-likeness (QED) is 0.0304. The number of hydrogen-bond donors (Lipinski definition) is 2. The molecule has 2 N–H and O–H groups in total. The van der Waals surface area contributed by atoms with Crippen molar-refractivity contribution in [2.45, 2.75) is 74.4 Å². The first-order chi connectivity index (χ1) is 39.9. The predicted molar refractivity (Wildman–Crippen MR) is 323 cm³/mol. The van der Waals surface area contributed by atoms with Crippen molar-refractivity contribution in [2.75, 3.05) is 54.7 Å². The Morgan fingerprint density at radius 1 is 0.427 bits per heavy atom. The minimum absolute atomic E-state index is 0.0879. The first-order valence-electron chi connectivity index (χ1n) is 27.6. The molecule has 0 radical (unpaired) electrons. The number of methoxy groups -OCH3 is 4. The van der Waals surface area contributed by atoms with Crippen LogP contribution in [0.4, 0.5) is 5.69 Å². The monoisotopic (exact) mass is 1130 g/mol. The van der Waals surface area contributed by atoms with Crippen molar-refractivity contribution in [3.05, 3.63) is 261 Å². The highest BCUT2D eigenvalue weighted by Crippen LogP contribution is 2.28. The summed E-state index contributed by atoms with van der Waals surface area (Å²) in [5, 5.41) is 23.9. The van der Waals surface area contributed by atoms with E-state index in [2.05, 4.69) is 116 Å². The van der Waals surface area contributed by atoms with E-state index in [1.165, 1.54) is 24.3 Å². The largest absolute Gasteiger partial charge is 0.497 e. The van der Waals surface area contributed by atoms with Gasteiger partial charge in [-0.25, -0.2) is 13.1 Å². The van der Waals surface area contributed by atoms with Crippen LogP contribution in [-0.2, 0) is 55.3 Å². The van der Waals surface area contributed by atoms with Gasteiger partial charge < -0.3 is 24.1 Å². The van der Waals surface area contributed by atoms with E-state index in [9.17, 15) is 23.6 Å². The predicted octanol–water partition coefficient (Wildman–Crippen LogP) is 10.9. The molecule has 8 aromatic rings. The number of aliphatic hydroxyl groups is 1. The summed E-state index contributed by atoms with van der Waals surface area (Å²) in [7, 11) is 2.09. The van der Waals surface area contributed by atoms with Crippen molar-refractivity contribution in [1.29, 1.82) is 0 Å². The summed E-state index contributed by atoms with van der Waals surface area (Å²) in [6, 6.07) is 66.9.